The molecular weight excluding hydrogens is 250 g/mol. The van der Waals surface area contributed by atoms with Gasteiger partial charge in [-0.25, -0.2) is 9.79 Å². The summed E-state index contributed by atoms with van der Waals surface area (Å²) in [6.45, 7) is 0.535. The molecule has 0 aliphatic carbocycles. The number of carbonyl (C=O) groups excluding carboxylic acids is 1. The van der Waals surface area contributed by atoms with E-state index in [0.29, 0.717) is 18.0 Å². The van der Waals surface area contributed by atoms with Crippen LogP contribution in [0.3, 0.4) is 0 Å². The van der Waals surface area contributed by atoms with Crippen LogP contribution >= 0.6 is 15.9 Å². The van der Waals surface area contributed by atoms with Gasteiger partial charge in [-0.1, -0.05) is 0 Å². The van der Waals surface area contributed by atoms with E-state index in [1.165, 1.54) is 6.08 Å². The Hall–Kier alpha value is -1.32. The van der Waals surface area contributed by atoms with Crippen LogP contribution in [0.1, 0.15) is 5.56 Å². The average molecular weight is 256 g/mol. The predicted molar refractivity (Wildman–Crippen MR) is 52.1 cm³/mol. The van der Waals surface area contributed by atoms with Gasteiger partial charge in [0, 0.05) is 0 Å². The smallest absolute Gasteiger partial charge is 0.235 e. The van der Waals surface area contributed by atoms with E-state index < -0.39 is 0 Å². The van der Waals surface area contributed by atoms with Gasteiger partial charge in [-0.05, 0) is 33.6 Å². The van der Waals surface area contributed by atoms with E-state index in [1.54, 1.807) is 6.07 Å². The Morgan fingerprint density at radius 1 is 1.50 bits per heavy atom. The zero-order valence-electron chi connectivity index (χ0n) is 7.12. The van der Waals surface area contributed by atoms with Gasteiger partial charge in [0.2, 0.25) is 12.9 Å². The van der Waals surface area contributed by atoms with Crippen LogP contribution in [0.4, 0.5) is 0 Å². The van der Waals surface area contributed by atoms with E-state index in [9.17, 15) is 4.79 Å². The molecule has 0 atom stereocenters. The molecule has 0 saturated heterocycles. The van der Waals surface area contributed by atoms with Crippen LogP contribution in [0.2, 0.25) is 0 Å². The number of benzene rings is 1. The van der Waals surface area contributed by atoms with Crippen LogP contribution in [0.15, 0.2) is 21.6 Å². The lowest BCUT2D eigenvalue weighted by molar-refractivity contribution is 0.173. The van der Waals surface area contributed by atoms with Crippen molar-refractivity contribution in [3.05, 3.63) is 22.2 Å². The van der Waals surface area contributed by atoms with Crippen molar-refractivity contribution >= 4 is 22.0 Å². The third-order valence-electron chi connectivity index (χ3n) is 1.81. The van der Waals surface area contributed by atoms with Crippen molar-refractivity contribution in [2.24, 2.45) is 4.99 Å². The van der Waals surface area contributed by atoms with Crippen molar-refractivity contribution in [3.8, 4) is 11.5 Å². The van der Waals surface area contributed by atoms with Gasteiger partial charge in [0.05, 0.1) is 11.0 Å². The number of rotatable bonds is 2. The minimum Gasteiger partial charge on any atom is -0.454 e. The monoisotopic (exact) mass is 255 g/mol. The summed E-state index contributed by atoms with van der Waals surface area (Å²) < 4.78 is 11.2. The fourth-order valence-electron chi connectivity index (χ4n) is 1.24. The van der Waals surface area contributed by atoms with Gasteiger partial charge in [-0.3, -0.25) is 0 Å². The third-order valence-corrected chi connectivity index (χ3v) is 2.40. The van der Waals surface area contributed by atoms with E-state index in [0.717, 1.165) is 10.0 Å². The molecular formula is C9H6BrNO3. The van der Waals surface area contributed by atoms with Crippen molar-refractivity contribution in [2.45, 2.75) is 6.54 Å². The molecule has 2 rings (SSSR count). The lowest BCUT2D eigenvalue weighted by Crippen LogP contribution is -1.93. The number of halogens is 1. The summed E-state index contributed by atoms with van der Waals surface area (Å²) >= 11 is 3.34. The predicted octanol–water partition coefficient (Wildman–Crippen LogP) is 2.01. The number of ether oxygens (including phenoxy) is 2. The summed E-state index contributed by atoms with van der Waals surface area (Å²) in [4.78, 5) is 13.4. The van der Waals surface area contributed by atoms with E-state index in [1.807, 2.05) is 6.07 Å². The largest absolute Gasteiger partial charge is 0.454 e. The lowest BCUT2D eigenvalue weighted by Gasteiger charge is -2.01. The highest BCUT2D eigenvalue weighted by Gasteiger charge is 2.17. The van der Waals surface area contributed by atoms with Crippen LogP contribution < -0.4 is 9.47 Å². The van der Waals surface area contributed by atoms with Gasteiger partial charge in [0.25, 0.3) is 0 Å². The van der Waals surface area contributed by atoms with Crippen molar-refractivity contribution in [1.29, 1.82) is 0 Å². The number of hydrogen-bond acceptors (Lipinski definition) is 4. The molecule has 0 aromatic heterocycles. The molecule has 0 spiro atoms. The Kier molecular flexibility index (Phi) is 2.52. The van der Waals surface area contributed by atoms with E-state index >= 15 is 0 Å². The molecule has 1 aliphatic heterocycles. The Balaban J connectivity index is 2.36. The normalized spacial score (nSPS) is 12.4. The molecule has 14 heavy (non-hydrogen) atoms. The first-order valence-electron chi connectivity index (χ1n) is 3.93. The molecule has 0 fully saturated rings. The maximum atomic E-state index is 9.94. The van der Waals surface area contributed by atoms with Gasteiger partial charge in [0.15, 0.2) is 11.5 Å². The molecule has 0 N–H and O–H groups in total. The molecule has 1 aromatic rings. The SMILES string of the molecule is O=C=NCc1cc(Br)c2c(c1)OCO2. The van der Waals surface area contributed by atoms with E-state index in [-0.39, 0.29) is 6.79 Å². The minimum absolute atomic E-state index is 0.230. The van der Waals surface area contributed by atoms with Crippen LogP contribution in [-0.4, -0.2) is 12.9 Å². The maximum absolute atomic E-state index is 9.94. The fourth-order valence-corrected chi connectivity index (χ4v) is 1.84. The second-order valence-corrected chi connectivity index (χ2v) is 3.57. The zero-order valence-corrected chi connectivity index (χ0v) is 8.70. The molecule has 0 amide bonds. The molecule has 1 heterocycles. The summed E-state index contributed by atoms with van der Waals surface area (Å²) in [6, 6.07) is 3.64. The summed E-state index contributed by atoms with van der Waals surface area (Å²) in [7, 11) is 0. The molecule has 1 aromatic carbocycles. The quantitative estimate of drug-likeness (QED) is 0.600. The Bertz CT molecular complexity index is 413. The van der Waals surface area contributed by atoms with Gasteiger partial charge < -0.3 is 9.47 Å². The molecule has 0 radical (unpaired) electrons. The van der Waals surface area contributed by atoms with Gasteiger partial charge in [-0.15, -0.1) is 0 Å². The highest BCUT2D eigenvalue weighted by molar-refractivity contribution is 9.10. The fraction of sp³-hybridized carbons (Fsp3) is 0.222. The van der Waals surface area contributed by atoms with Crippen molar-refractivity contribution in [2.75, 3.05) is 6.79 Å². The van der Waals surface area contributed by atoms with Crippen LogP contribution in [-0.2, 0) is 11.3 Å². The second-order valence-electron chi connectivity index (χ2n) is 2.72. The molecule has 0 unspecified atom stereocenters. The number of nitrogens with zero attached hydrogens (tertiary/aromatic N) is 1. The first kappa shape index (κ1) is 9.24. The van der Waals surface area contributed by atoms with E-state index in [4.69, 9.17) is 9.47 Å². The first-order valence-corrected chi connectivity index (χ1v) is 4.72. The van der Waals surface area contributed by atoms with Crippen molar-refractivity contribution in [1.82, 2.24) is 0 Å². The van der Waals surface area contributed by atoms with Gasteiger partial charge in [0.1, 0.15) is 0 Å². The average Bonchev–Trinajstić information content (AvgIpc) is 2.63. The maximum Gasteiger partial charge on any atom is 0.235 e. The van der Waals surface area contributed by atoms with Crippen LogP contribution in [0.5, 0.6) is 11.5 Å². The van der Waals surface area contributed by atoms with E-state index in [2.05, 4.69) is 20.9 Å². The lowest BCUT2D eigenvalue weighted by atomic mass is 10.2. The van der Waals surface area contributed by atoms with Gasteiger partial charge >= 0.3 is 0 Å². The van der Waals surface area contributed by atoms with Crippen LogP contribution in [0, 0.1) is 0 Å². The molecule has 1 aliphatic rings. The number of fused-ring (bicyclic) bond motifs is 1. The Morgan fingerprint density at radius 3 is 3.14 bits per heavy atom. The number of aliphatic imine (C=N–C) groups is 1. The number of hydrogen-bond donors (Lipinski definition) is 0. The molecule has 5 heteroatoms. The molecule has 72 valence electrons. The third kappa shape index (κ3) is 1.64. The minimum atomic E-state index is 0.230. The summed E-state index contributed by atoms with van der Waals surface area (Å²) in [5.74, 6) is 1.37. The molecule has 0 saturated carbocycles. The zero-order chi connectivity index (χ0) is 9.97. The summed E-state index contributed by atoms with van der Waals surface area (Å²) in [5, 5.41) is 0. The summed E-state index contributed by atoms with van der Waals surface area (Å²) in [6.07, 6.45) is 1.49. The Morgan fingerprint density at radius 2 is 2.36 bits per heavy atom. The van der Waals surface area contributed by atoms with Gasteiger partial charge in [-0.2, -0.15) is 0 Å². The molecule has 0 bridgehead atoms. The van der Waals surface area contributed by atoms with Crippen molar-refractivity contribution < 1.29 is 14.3 Å². The Labute approximate surface area is 88.7 Å². The standard InChI is InChI=1S/C9H6BrNO3/c10-7-1-6(3-11-4-12)2-8-9(7)14-5-13-8/h1-2H,3,5H2. The van der Waals surface area contributed by atoms with Crippen LogP contribution in [0.25, 0.3) is 0 Å². The highest BCUT2D eigenvalue weighted by Crippen LogP contribution is 2.39. The number of isocyanates is 1. The highest BCUT2D eigenvalue weighted by atomic mass is 79.9. The first-order chi connectivity index (χ1) is 6.81. The van der Waals surface area contributed by atoms with Crippen molar-refractivity contribution in [3.63, 3.8) is 0 Å². The second kappa shape index (κ2) is 3.82. The molecule has 4 nitrogen and oxygen atoms in total. The topological polar surface area (TPSA) is 47.9 Å². The summed E-state index contributed by atoms with van der Waals surface area (Å²) in [5.41, 5.74) is 0.879.